The smallest absolute Gasteiger partial charge is 0.265 e. The number of anilines is 1. The molecule has 3 rings (SSSR count). The number of aryl methyl sites for hydroxylation is 1. The fourth-order valence-electron chi connectivity index (χ4n) is 2.29. The molecule has 7 heteroatoms. The minimum absolute atomic E-state index is 0.102. The summed E-state index contributed by atoms with van der Waals surface area (Å²) in [6, 6.07) is 9.59. The van der Waals surface area contributed by atoms with Crippen molar-refractivity contribution >= 4 is 22.5 Å². The second-order valence-corrected chi connectivity index (χ2v) is 5.64. The minimum Gasteiger partial charge on any atom is -0.481 e. The van der Waals surface area contributed by atoms with E-state index >= 15 is 0 Å². The van der Waals surface area contributed by atoms with E-state index in [0.29, 0.717) is 5.75 Å². The summed E-state index contributed by atoms with van der Waals surface area (Å²) in [5.74, 6) is -0.673. The van der Waals surface area contributed by atoms with Crippen LogP contribution in [0.4, 0.5) is 10.1 Å². The molecule has 6 nitrogen and oxygen atoms in total. The second-order valence-electron chi connectivity index (χ2n) is 5.64. The molecule has 0 radical (unpaired) electrons. The van der Waals surface area contributed by atoms with Gasteiger partial charge in [-0.3, -0.25) is 9.59 Å². The predicted octanol–water partition coefficient (Wildman–Crippen LogP) is 2.78. The number of H-pyrrole nitrogens is 1. The molecule has 1 amide bonds. The molecular weight excluding hydrogens is 325 g/mol. The van der Waals surface area contributed by atoms with Crippen LogP contribution in [-0.4, -0.2) is 22.0 Å². The Morgan fingerprint density at radius 3 is 2.72 bits per heavy atom. The first kappa shape index (κ1) is 16.6. The van der Waals surface area contributed by atoms with Gasteiger partial charge in [-0.1, -0.05) is 17.7 Å². The van der Waals surface area contributed by atoms with Crippen molar-refractivity contribution < 1.29 is 13.9 Å². The zero-order valence-electron chi connectivity index (χ0n) is 13.7. The van der Waals surface area contributed by atoms with E-state index in [1.165, 1.54) is 12.4 Å². The second kappa shape index (κ2) is 6.72. The number of hydrogen-bond donors (Lipinski definition) is 2. The van der Waals surface area contributed by atoms with Crippen molar-refractivity contribution in [2.24, 2.45) is 0 Å². The maximum atomic E-state index is 14.1. The molecule has 0 aliphatic carbocycles. The first-order valence-corrected chi connectivity index (χ1v) is 7.65. The average molecular weight is 341 g/mol. The van der Waals surface area contributed by atoms with Gasteiger partial charge < -0.3 is 15.0 Å². The van der Waals surface area contributed by atoms with Crippen LogP contribution in [0, 0.1) is 12.7 Å². The number of amides is 1. The molecule has 0 bridgehead atoms. The summed E-state index contributed by atoms with van der Waals surface area (Å²) in [6.45, 7) is 3.50. The summed E-state index contributed by atoms with van der Waals surface area (Å²) in [6.07, 6.45) is 0.352. The number of ether oxygens (including phenoxy) is 1. The number of carbonyl (C=O) groups excluding carboxylic acids is 1. The van der Waals surface area contributed by atoms with E-state index in [1.807, 2.05) is 19.1 Å². The number of aromatic amines is 1. The topological polar surface area (TPSA) is 84.1 Å². The summed E-state index contributed by atoms with van der Waals surface area (Å²) in [4.78, 5) is 30.3. The van der Waals surface area contributed by atoms with Crippen molar-refractivity contribution in [3.63, 3.8) is 0 Å². The number of halogens is 1. The van der Waals surface area contributed by atoms with E-state index in [9.17, 15) is 14.0 Å². The summed E-state index contributed by atoms with van der Waals surface area (Å²) in [5.41, 5.74) is 0.768. The molecule has 25 heavy (non-hydrogen) atoms. The van der Waals surface area contributed by atoms with Crippen molar-refractivity contribution in [3.8, 4) is 5.75 Å². The lowest BCUT2D eigenvalue weighted by Crippen LogP contribution is -2.30. The van der Waals surface area contributed by atoms with E-state index < -0.39 is 23.4 Å². The largest absolute Gasteiger partial charge is 0.481 e. The van der Waals surface area contributed by atoms with Gasteiger partial charge in [-0.15, -0.1) is 0 Å². The van der Waals surface area contributed by atoms with E-state index in [2.05, 4.69) is 15.3 Å². The van der Waals surface area contributed by atoms with Crippen LogP contribution in [0.5, 0.6) is 5.75 Å². The van der Waals surface area contributed by atoms with Gasteiger partial charge in [0, 0.05) is 6.07 Å². The highest BCUT2D eigenvalue weighted by atomic mass is 19.1. The highest BCUT2D eigenvalue weighted by Crippen LogP contribution is 2.20. The zero-order valence-corrected chi connectivity index (χ0v) is 13.7. The van der Waals surface area contributed by atoms with Crippen LogP contribution in [0.15, 0.2) is 47.5 Å². The molecule has 0 saturated carbocycles. The number of benzene rings is 2. The van der Waals surface area contributed by atoms with Crippen LogP contribution in [0.3, 0.4) is 0 Å². The fourth-order valence-corrected chi connectivity index (χ4v) is 2.29. The molecule has 0 aliphatic rings. The SMILES string of the molecule is Cc1ccc(O[C@H](C)C(=O)Nc2cc3c(=O)[nH]cnc3cc2F)cc1. The maximum absolute atomic E-state index is 14.1. The Morgan fingerprint density at radius 1 is 1.28 bits per heavy atom. The fraction of sp³-hybridized carbons (Fsp3) is 0.167. The Hall–Kier alpha value is -3.22. The molecule has 0 spiro atoms. The lowest BCUT2D eigenvalue weighted by Gasteiger charge is -2.15. The Morgan fingerprint density at radius 2 is 2.00 bits per heavy atom. The maximum Gasteiger partial charge on any atom is 0.265 e. The van der Waals surface area contributed by atoms with Crippen molar-refractivity contribution in [3.05, 3.63) is 64.5 Å². The van der Waals surface area contributed by atoms with Gasteiger partial charge >= 0.3 is 0 Å². The zero-order chi connectivity index (χ0) is 18.0. The highest BCUT2D eigenvalue weighted by molar-refractivity contribution is 5.96. The number of nitrogens with zero attached hydrogens (tertiary/aromatic N) is 1. The molecule has 1 atom stereocenters. The number of fused-ring (bicyclic) bond motifs is 1. The predicted molar refractivity (Wildman–Crippen MR) is 92.2 cm³/mol. The number of carbonyl (C=O) groups is 1. The summed E-state index contributed by atoms with van der Waals surface area (Å²) < 4.78 is 19.7. The third kappa shape index (κ3) is 3.65. The number of hydrogen-bond acceptors (Lipinski definition) is 4. The monoisotopic (exact) mass is 341 g/mol. The minimum atomic E-state index is -0.843. The lowest BCUT2D eigenvalue weighted by molar-refractivity contribution is -0.122. The Kier molecular flexibility index (Phi) is 4.47. The third-order valence-electron chi connectivity index (χ3n) is 3.69. The molecule has 2 N–H and O–H groups in total. The van der Waals surface area contributed by atoms with Gasteiger partial charge in [-0.2, -0.15) is 0 Å². The molecule has 0 fully saturated rings. The Bertz CT molecular complexity index is 983. The summed E-state index contributed by atoms with van der Waals surface area (Å²) in [7, 11) is 0. The Labute approximate surface area is 142 Å². The van der Waals surface area contributed by atoms with Crippen LogP contribution in [0.2, 0.25) is 0 Å². The first-order chi connectivity index (χ1) is 11.9. The molecule has 0 aliphatic heterocycles. The van der Waals surface area contributed by atoms with Gasteiger partial charge in [0.1, 0.15) is 11.6 Å². The van der Waals surface area contributed by atoms with Crippen LogP contribution in [-0.2, 0) is 4.79 Å². The molecular formula is C18H16FN3O3. The first-order valence-electron chi connectivity index (χ1n) is 7.65. The number of nitrogens with one attached hydrogen (secondary N) is 2. The van der Waals surface area contributed by atoms with Crippen LogP contribution in [0.25, 0.3) is 10.9 Å². The van der Waals surface area contributed by atoms with Gasteiger partial charge in [0.05, 0.1) is 22.9 Å². The van der Waals surface area contributed by atoms with E-state index in [4.69, 9.17) is 4.74 Å². The van der Waals surface area contributed by atoms with Crippen molar-refractivity contribution in [2.45, 2.75) is 20.0 Å². The number of rotatable bonds is 4. The van der Waals surface area contributed by atoms with Gasteiger partial charge in [0.15, 0.2) is 6.10 Å². The molecule has 2 aromatic carbocycles. The highest BCUT2D eigenvalue weighted by Gasteiger charge is 2.17. The van der Waals surface area contributed by atoms with Crippen molar-refractivity contribution in [1.29, 1.82) is 0 Å². The molecule has 128 valence electrons. The normalized spacial score (nSPS) is 12.0. The molecule has 0 saturated heterocycles. The Balaban J connectivity index is 1.79. The summed E-state index contributed by atoms with van der Waals surface area (Å²) in [5, 5.41) is 2.63. The van der Waals surface area contributed by atoms with Gasteiger partial charge in [-0.25, -0.2) is 9.37 Å². The van der Waals surface area contributed by atoms with E-state index in [1.54, 1.807) is 19.1 Å². The van der Waals surface area contributed by atoms with Crippen molar-refractivity contribution in [1.82, 2.24) is 9.97 Å². The lowest BCUT2D eigenvalue weighted by atomic mass is 10.2. The summed E-state index contributed by atoms with van der Waals surface area (Å²) >= 11 is 0. The molecule has 3 aromatic rings. The molecule has 1 aromatic heterocycles. The third-order valence-corrected chi connectivity index (χ3v) is 3.69. The van der Waals surface area contributed by atoms with E-state index in [0.717, 1.165) is 11.6 Å². The standard InChI is InChI=1S/C18H16FN3O3/c1-10-3-5-12(6-4-10)25-11(2)17(23)22-16-7-13-15(8-14(16)19)20-9-21-18(13)24/h3-9,11H,1-2H3,(H,22,23)(H,20,21,24)/t11-/m1/s1. The molecule has 0 unspecified atom stereocenters. The quantitative estimate of drug-likeness (QED) is 0.764. The average Bonchev–Trinajstić information content (AvgIpc) is 2.58. The molecule has 1 heterocycles. The van der Waals surface area contributed by atoms with Crippen LogP contribution in [0.1, 0.15) is 12.5 Å². The van der Waals surface area contributed by atoms with Crippen LogP contribution < -0.4 is 15.6 Å². The van der Waals surface area contributed by atoms with Gasteiger partial charge in [0.2, 0.25) is 0 Å². The van der Waals surface area contributed by atoms with Crippen molar-refractivity contribution in [2.75, 3.05) is 5.32 Å². The van der Waals surface area contributed by atoms with Gasteiger partial charge in [0.25, 0.3) is 11.5 Å². The number of aromatic nitrogens is 2. The van der Waals surface area contributed by atoms with E-state index in [-0.39, 0.29) is 16.6 Å². The van der Waals surface area contributed by atoms with Gasteiger partial charge in [-0.05, 0) is 32.0 Å². The van der Waals surface area contributed by atoms with Crippen LogP contribution >= 0.6 is 0 Å².